The van der Waals surface area contributed by atoms with Gasteiger partial charge >= 0.3 is 7.75 Å². The number of benzene rings is 1. The number of nitrogens with zero attached hydrogens (tertiary/aromatic N) is 3. The van der Waals surface area contributed by atoms with Crippen LogP contribution in [0.5, 0.6) is 0 Å². The predicted molar refractivity (Wildman–Crippen MR) is 74.3 cm³/mol. The van der Waals surface area contributed by atoms with Crippen LogP contribution in [0, 0.1) is 12.7 Å². The molecule has 11 heteroatoms. The molecule has 1 aromatic heterocycles. The molecular weight excluding hydrogens is 370 g/mol. The first-order chi connectivity index (χ1) is 9.68. The minimum Gasteiger partial charge on any atom is -0.318 e. The first kappa shape index (κ1) is 15.8. The van der Waals surface area contributed by atoms with Crippen LogP contribution < -0.4 is 5.32 Å². The Balaban J connectivity index is 2.29. The number of carbonyl (C=O) groups excluding carboxylic acids is 1. The number of hydrogen-bond acceptors (Lipinski definition) is 4. The fourth-order valence-electron chi connectivity index (χ4n) is 1.44. The average Bonchev–Trinajstić information content (AvgIpc) is 2.75. The van der Waals surface area contributed by atoms with Crippen LogP contribution in [0.3, 0.4) is 0 Å². The Labute approximate surface area is 126 Å². The van der Waals surface area contributed by atoms with Gasteiger partial charge in [0.25, 0.3) is 5.91 Å². The lowest BCUT2D eigenvalue weighted by Crippen LogP contribution is -2.14. The number of aromatic nitrogens is 3. The summed E-state index contributed by atoms with van der Waals surface area (Å²) >= 11 is 2.86. The minimum absolute atomic E-state index is 0.0803. The molecule has 1 aromatic carbocycles. The van der Waals surface area contributed by atoms with Crippen LogP contribution in [-0.2, 0) is 4.57 Å². The summed E-state index contributed by atoms with van der Waals surface area (Å²) in [6.07, 6.45) is 0. The van der Waals surface area contributed by atoms with Gasteiger partial charge in [-0.25, -0.2) is 8.96 Å². The van der Waals surface area contributed by atoms with Gasteiger partial charge in [0, 0.05) is 0 Å². The molecule has 0 fully saturated rings. The molecule has 0 spiro atoms. The zero-order chi connectivity index (χ0) is 15.8. The van der Waals surface area contributed by atoms with Gasteiger partial charge in [0.1, 0.15) is 5.82 Å². The molecule has 1 heterocycles. The molecular formula is C10H9BrFN4O4P. The lowest BCUT2D eigenvalue weighted by molar-refractivity contribution is 0.102. The van der Waals surface area contributed by atoms with E-state index in [0.717, 1.165) is 0 Å². The third-order valence-electron chi connectivity index (χ3n) is 2.38. The van der Waals surface area contributed by atoms with Crippen LogP contribution in [0.25, 0.3) is 0 Å². The fourth-order valence-corrected chi connectivity index (χ4v) is 2.38. The lowest BCUT2D eigenvalue weighted by atomic mass is 10.2. The van der Waals surface area contributed by atoms with E-state index in [-0.39, 0.29) is 20.6 Å². The molecule has 0 aliphatic heterocycles. The van der Waals surface area contributed by atoms with Crippen LogP contribution in [-0.4, -0.2) is 30.5 Å². The molecule has 2 aromatic rings. The van der Waals surface area contributed by atoms with Crippen molar-refractivity contribution in [3.05, 3.63) is 39.9 Å². The van der Waals surface area contributed by atoms with Gasteiger partial charge in [-0.1, -0.05) is 10.6 Å². The molecule has 8 nitrogen and oxygen atoms in total. The van der Waals surface area contributed by atoms with Gasteiger partial charge < -0.3 is 15.1 Å². The number of carbonyl (C=O) groups is 1. The van der Waals surface area contributed by atoms with Crippen LogP contribution in [0.2, 0.25) is 0 Å². The quantitative estimate of drug-likeness (QED) is 0.699. The summed E-state index contributed by atoms with van der Waals surface area (Å²) in [5, 5.41) is 9.02. The summed E-state index contributed by atoms with van der Waals surface area (Å²) in [5.41, 5.74) is 0.223. The number of hydrogen-bond donors (Lipinski definition) is 3. The van der Waals surface area contributed by atoms with Gasteiger partial charge in [-0.15, -0.1) is 10.2 Å². The Morgan fingerprint density at radius 3 is 2.62 bits per heavy atom. The molecule has 2 rings (SSSR count). The van der Waals surface area contributed by atoms with Crippen molar-refractivity contribution in [2.45, 2.75) is 6.92 Å². The zero-order valence-corrected chi connectivity index (χ0v) is 13.0. The van der Waals surface area contributed by atoms with E-state index in [9.17, 15) is 13.8 Å². The smallest absolute Gasteiger partial charge is 0.318 e. The van der Waals surface area contributed by atoms with E-state index in [0.29, 0.717) is 5.56 Å². The van der Waals surface area contributed by atoms with E-state index < -0.39 is 19.5 Å². The van der Waals surface area contributed by atoms with Crippen molar-refractivity contribution < 1.29 is 23.5 Å². The summed E-state index contributed by atoms with van der Waals surface area (Å²) in [7, 11) is -4.75. The van der Waals surface area contributed by atoms with Crippen molar-refractivity contribution in [1.29, 1.82) is 0 Å². The molecule has 21 heavy (non-hydrogen) atoms. The lowest BCUT2D eigenvalue weighted by Gasteiger charge is -2.05. The second kappa shape index (κ2) is 5.64. The Bertz CT molecular complexity index is 760. The monoisotopic (exact) mass is 378 g/mol. The van der Waals surface area contributed by atoms with Crippen molar-refractivity contribution in [1.82, 2.24) is 14.8 Å². The molecule has 0 unspecified atom stereocenters. The van der Waals surface area contributed by atoms with Gasteiger partial charge in [0.05, 0.1) is 5.69 Å². The number of halogens is 2. The van der Waals surface area contributed by atoms with Gasteiger partial charge in [0.15, 0.2) is 10.3 Å². The maximum absolute atomic E-state index is 13.6. The van der Waals surface area contributed by atoms with Crippen LogP contribution in [0.4, 0.5) is 10.1 Å². The van der Waals surface area contributed by atoms with E-state index in [2.05, 4.69) is 31.4 Å². The topological polar surface area (TPSA) is 117 Å². The summed E-state index contributed by atoms with van der Waals surface area (Å²) in [5.74, 6) is -1.49. The molecule has 0 aliphatic rings. The van der Waals surface area contributed by atoms with Crippen molar-refractivity contribution in [3.63, 3.8) is 0 Å². The molecule has 3 N–H and O–H groups in total. The van der Waals surface area contributed by atoms with Crippen LogP contribution in [0.15, 0.2) is 22.8 Å². The number of amides is 1. The number of nitrogens with one attached hydrogen (secondary N) is 1. The first-order valence-electron chi connectivity index (χ1n) is 5.45. The van der Waals surface area contributed by atoms with Crippen LogP contribution in [0.1, 0.15) is 16.1 Å². The molecule has 0 atom stereocenters. The molecule has 0 aliphatic carbocycles. The number of rotatable bonds is 3. The van der Waals surface area contributed by atoms with Crippen molar-refractivity contribution >= 4 is 35.3 Å². The summed E-state index contributed by atoms with van der Waals surface area (Å²) < 4.78 is 24.6. The zero-order valence-electron chi connectivity index (χ0n) is 10.5. The second-order valence-corrected chi connectivity index (χ2v) is 6.19. The molecule has 0 saturated carbocycles. The minimum atomic E-state index is -4.75. The highest BCUT2D eigenvalue weighted by Gasteiger charge is 2.25. The van der Waals surface area contributed by atoms with Crippen molar-refractivity contribution in [2.24, 2.45) is 0 Å². The van der Waals surface area contributed by atoms with E-state index in [1.165, 1.54) is 12.1 Å². The van der Waals surface area contributed by atoms with Gasteiger partial charge in [-0.2, -0.15) is 0 Å². The third kappa shape index (κ3) is 3.53. The number of anilines is 1. The Hall–Kier alpha value is -1.61. The molecule has 112 valence electrons. The highest BCUT2D eigenvalue weighted by atomic mass is 79.9. The van der Waals surface area contributed by atoms with Gasteiger partial charge in [-0.3, -0.25) is 4.79 Å². The third-order valence-corrected chi connectivity index (χ3v) is 3.56. The second-order valence-electron chi connectivity index (χ2n) is 4.06. The Kier molecular flexibility index (Phi) is 4.24. The molecule has 0 radical (unpaired) electrons. The van der Waals surface area contributed by atoms with E-state index in [1.54, 1.807) is 13.0 Å². The van der Waals surface area contributed by atoms with Gasteiger partial charge in [0.2, 0.25) is 0 Å². The predicted octanol–water partition coefficient (Wildman–Crippen LogP) is 1.68. The molecule has 0 saturated heterocycles. The van der Waals surface area contributed by atoms with E-state index in [4.69, 9.17) is 9.79 Å². The largest absolute Gasteiger partial charge is 0.466 e. The standard InChI is InChI=1S/C10H9BrFN4O4P/c1-5-2-3-7(6(12)4-5)13-10(17)8-9(11)15-16(14-8)21(18,19)20/h2-4H,1H3,(H,13,17)(H2,18,19,20). The Morgan fingerprint density at radius 2 is 2.10 bits per heavy atom. The molecule has 1 amide bonds. The SMILES string of the molecule is Cc1ccc(NC(=O)c2nn(P(=O)(O)O)nc2Br)c(F)c1. The van der Waals surface area contributed by atoms with Crippen molar-refractivity contribution in [2.75, 3.05) is 5.32 Å². The number of aryl methyl sites for hydroxylation is 1. The molecule has 0 bridgehead atoms. The van der Waals surface area contributed by atoms with Crippen molar-refractivity contribution in [3.8, 4) is 0 Å². The van der Waals surface area contributed by atoms with Gasteiger partial charge in [-0.05, 0) is 40.5 Å². The fraction of sp³-hybridized carbons (Fsp3) is 0.100. The first-order valence-corrected chi connectivity index (χ1v) is 7.81. The summed E-state index contributed by atoms with van der Waals surface area (Å²) in [6, 6.07) is 4.20. The Morgan fingerprint density at radius 1 is 1.43 bits per heavy atom. The normalized spacial score (nSPS) is 11.5. The highest BCUT2D eigenvalue weighted by Crippen LogP contribution is 2.35. The van der Waals surface area contributed by atoms with E-state index >= 15 is 0 Å². The highest BCUT2D eigenvalue weighted by molar-refractivity contribution is 9.10. The summed E-state index contributed by atoms with van der Waals surface area (Å²) in [6.45, 7) is 1.69. The van der Waals surface area contributed by atoms with E-state index in [1.807, 2.05) is 0 Å². The average molecular weight is 379 g/mol. The maximum atomic E-state index is 13.6. The maximum Gasteiger partial charge on any atom is 0.466 e. The van der Waals surface area contributed by atoms with Crippen LogP contribution >= 0.6 is 23.7 Å². The summed E-state index contributed by atoms with van der Waals surface area (Å²) in [4.78, 5) is 29.8.